The van der Waals surface area contributed by atoms with Crippen LogP contribution >= 0.6 is 0 Å². The van der Waals surface area contributed by atoms with Crippen LogP contribution < -0.4 is 10.4 Å². The maximum atomic E-state index is 13.7. The van der Waals surface area contributed by atoms with E-state index in [1.54, 1.807) is 46.8 Å². The lowest BCUT2D eigenvalue weighted by molar-refractivity contribution is -0.113. The molecule has 3 aromatic carbocycles. The van der Waals surface area contributed by atoms with Crippen molar-refractivity contribution >= 4 is 29.2 Å². The Bertz CT molecular complexity index is 1140. The summed E-state index contributed by atoms with van der Waals surface area (Å²) in [6.07, 6.45) is 3.27. The molecule has 4 rings (SSSR count). The van der Waals surface area contributed by atoms with Gasteiger partial charge in [-0.3, -0.25) is 14.8 Å². The third-order valence-corrected chi connectivity index (χ3v) is 5.30. The first kappa shape index (κ1) is 20.5. The molecule has 0 atom stereocenters. The minimum absolute atomic E-state index is 0.198. The van der Waals surface area contributed by atoms with Crippen molar-refractivity contribution in [3.63, 3.8) is 0 Å². The summed E-state index contributed by atoms with van der Waals surface area (Å²) in [7, 11) is 0. The molecule has 2 amide bonds. The number of carbonyl (C=O) groups is 2. The summed E-state index contributed by atoms with van der Waals surface area (Å²) in [6, 6.07) is 20.4. The summed E-state index contributed by atoms with van der Waals surface area (Å²) in [6.45, 7) is 0.532. The van der Waals surface area contributed by atoms with E-state index in [0.29, 0.717) is 23.2 Å². The van der Waals surface area contributed by atoms with Gasteiger partial charge in [0.05, 0.1) is 0 Å². The number of hydrogen-bond donors (Lipinski definition) is 2. The van der Waals surface area contributed by atoms with Gasteiger partial charge >= 0.3 is 0 Å². The first-order valence-corrected chi connectivity index (χ1v) is 9.99. The van der Waals surface area contributed by atoms with Crippen molar-refractivity contribution in [2.75, 3.05) is 11.4 Å². The van der Waals surface area contributed by atoms with Crippen molar-refractivity contribution in [2.24, 2.45) is 0 Å². The Labute approximate surface area is 179 Å². The van der Waals surface area contributed by atoms with Crippen molar-refractivity contribution in [3.05, 3.63) is 101 Å². The lowest BCUT2D eigenvalue weighted by Gasteiger charge is -2.30. The van der Waals surface area contributed by atoms with Gasteiger partial charge in [-0.25, -0.2) is 9.87 Å². The number of nitrogens with zero attached hydrogens (tertiary/aromatic N) is 1. The normalized spacial score (nSPS) is 13.5. The van der Waals surface area contributed by atoms with Crippen LogP contribution in [0.25, 0.3) is 11.6 Å². The maximum Gasteiger partial charge on any atom is 0.274 e. The highest BCUT2D eigenvalue weighted by molar-refractivity contribution is 6.30. The minimum Gasteiger partial charge on any atom is -0.308 e. The molecule has 6 heteroatoms. The molecule has 0 bridgehead atoms. The van der Waals surface area contributed by atoms with Crippen LogP contribution in [-0.2, 0) is 11.2 Å². The Kier molecular flexibility index (Phi) is 5.91. The van der Waals surface area contributed by atoms with Crippen LogP contribution in [0.4, 0.5) is 10.1 Å². The molecule has 5 nitrogen and oxygen atoms in total. The van der Waals surface area contributed by atoms with E-state index >= 15 is 0 Å². The lowest BCUT2D eigenvalue weighted by Crippen LogP contribution is -2.36. The SMILES string of the molecule is O=C(NO)c1ccc2c(c1)CCCN2C(=O)/C(=C\c1ccccc1)c1ccc(F)cc1. The first-order valence-electron chi connectivity index (χ1n) is 9.99. The number of halogens is 1. The molecule has 0 saturated heterocycles. The third kappa shape index (κ3) is 4.39. The van der Waals surface area contributed by atoms with Crippen molar-refractivity contribution in [3.8, 4) is 0 Å². The molecule has 0 aromatic heterocycles. The Balaban J connectivity index is 1.75. The zero-order valence-corrected chi connectivity index (χ0v) is 16.7. The number of hydrogen-bond acceptors (Lipinski definition) is 3. The van der Waals surface area contributed by atoms with Crippen molar-refractivity contribution in [1.82, 2.24) is 5.48 Å². The van der Waals surface area contributed by atoms with E-state index in [1.165, 1.54) is 12.1 Å². The van der Waals surface area contributed by atoms with Gasteiger partial charge < -0.3 is 4.90 Å². The molecule has 2 N–H and O–H groups in total. The highest BCUT2D eigenvalue weighted by atomic mass is 19.1. The minimum atomic E-state index is -0.595. The van der Waals surface area contributed by atoms with Crippen LogP contribution in [0.3, 0.4) is 0 Å². The number of amides is 2. The number of hydroxylamine groups is 1. The van der Waals surface area contributed by atoms with Gasteiger partial charge in [0, 0.05) is 23.4 Å². The monoisotopic (exact) mass is 416 g/mol. The van der Waals surface area contributed by atoms with Crippen LogP contribution in [0.2, 0.25) is 0 Å². The zero-order valence-electron chi connectivity index (χ0n) is 16.7. The molecule has 1 aliphatic rings. The van der Waals surface area contributed by atoms with Crippen molar-refractivity contribution in [1.29, 1.82) is 0 Å². The molecule has 0 fully saturated rings. The fraction of sp³-hybridized carbons (Fsp3) is 0.120. The fourth-order valence-corrected chi connectivity index (χ4v) is 3.77. The summed E-state index contributed by atoms with van der Waals surface area (Å²) in [4.78, 5) is 27.1. The second-order valence-corrected chi connectivity index (χ2v) is 7.32. The Morgan fingerprint density at radius 2 is 1.68 bits per heavy atom. The topological polar surface area (TPSA) is 69.6 Å². The number of nitrogens with one attached hydrogen (secondary N) is 1. The van der Waals surface area contributed by atoms with Gasteiger partial charge in [-0.15, -0.1) is 0 Å². The average Bonchev–Trinajstić information content (AvgIpc) is 2.82. The van der Waals surface area contributed by atoms with E-state index in [0.717, 1.165) is 29.7 Å². The van der Waals surface area contributed by atoms with Crippen LogP contribution in [0.15, 0.2) is 72.8 Å². The van der Waals surface area contributed by atoms with Gasteiger partial charge in [-0.2, -0.15) is 0 Å². The zero-order chi connectivity index (χ0) is 21.8. The number of fused-ring (bicyclic) bond motifs is 1. The maximum absolute atomic E-state index is 13.7. The number of rotatable bonds is 4. The van der Waals surface area contributed by atoms with Crippen LogP contribution in [-0.4, -0.2) is 23.6 Å². The molecule has 1 aliphatic heterocycles. The van der Waals surface area contributed by atoms with E-state index in [2.05, 4.69) is 0 Å². The molecular weight excluding hydrogens is 395 g/mol. The summed E-state index contributed by atoms with van der Waals surface area (Å²) in [5, 5.41) is 8.89. The molecule has 0 saturated carbocycles. The molecule has 1 heterocycles. The van der Waals surface area contributed by atoms with Crippen molar-refractivity contribution in [2.45, 2.75) is 12.8 Å². The molecule has 0 unspecified atom stereocenters. The predicted molar refractivity (Wildman–Crippen MR) is 117 cm³/mol. The van der Waals surface area contributed by atoms with Gasteiger partial charge in [-0.05, 0) is 65.9 Å². The standard InChI is InChI=1S/C25H21FN2O3/c26-21-11-8-18(9-12-21)22(15-17-5-2-1-3-6-17)25(30)28-14-4-7-19-16-20(24(29)27-31)10-13-23(19)28/h1-3,5-6,8-13,15-16,31H,4,7,14H2,(H,27,29)/b22-15-. The van der Waals surface area contributed by atoms with Gasteiger partial charge in [0.15, 0.2) is 0 Å². The van der Waals surface area contributed by atoms with Gasteiger partial charge in [-0.1, -0.05) is 42.5 Å². The smallest absolute Gasteiger partial charge is 0.274 e. The summed E-state index contributed by atoms with van der Waals surface area (Å²) < 4.78 is 13.5. The molecule has 3 aromatic rings. The van der Waals surface area contributed by atoms with E-state index < -0.39 is 5.91 Å². The number of anilines is 1. The lowest BCUT2D eigenvalue weighted by atomic mass is 9.96. The summed E-state index contributed by atoms with van der Waals surface area (Å²) in [5.41, 5.74) is 5.49. The van der Waals surface area contributed by atoms with E-state index in [9.17, 15) is 14.0 Å². The van der Waals surface area contributed by atoms with E-state index in [-0.39, 0.29) is 11.7 Å². The largest absolute Gasteiger partial charge is 0.308 e. The fourth-order valence-electron chi connectivity index (χ4n) is 3.77. The van der Waals surface area contributed by atoms with Crippen LogP contribution in [0.5, 0.6) is 0 Å². The Morgan fingerprint density at radius 1 is 0.968 bits per heavy atom. The number of aryl methyl sites for hydroxylation is 1. The molecular formula is C25H21FN2O3. The van der Waals surface area contributed by atoms with E-state index in [4.69, 9.17) is 5.21 Å². The van der Waals surface area contributed by atoms with Crippen LogP contribution in [0, 0.1) is 5.82 Å². The van der Waals surface area contributed by atoms with Gasteiger partial charge in [0.25, 0.3) is 11.8 Å². The third-order valence-electron chi connectivity index (χ3n) is 5.30. The summed E-state index contributed by atoms with van der Waals surface area (Å²) >= 11 is 0. The molecule has 0 spiro atoms. The highest BCUT2D eigenvalue weighted by Crippen LogP contribution is 2.32. The number of benzene rings is 3. The first-order chi connectivity index (χ1) is 15.1. The summed E-state index contributed by atoms with van der Waals surface area (Å²) in [5.74, 6) is -1.16. The highest BCUT2D eigenvalue weighted by Gasteiger charge is 2.26. The quantitative estimate of drug-likeness (QED) is 0.285. The Morgan fingerprint density at radius 3 is 2.39 bits per heavy atom. The number of carbonyl (C=O) groups excluding carboxylic acids is 2. The van der Waals surface area contributed by atoms with Crippen LogP contribution in [0.1, 0.15) is 33.5 Å². The molecule has 31 heavy (non-hydrogen) atoms. The van der Waals surface area contributed by atoms with Gasteiger partial charge in [0.1, 0.15) is 5.82 Å². The average molecular weight is 416 g/mol. The Hall–Kier alpha value is -3.77. The molecule has 0 aliphatic carbocycles. The second kappa shape index (κ2) is 8.93. The second-order valence-electron chi connectivity index (χ2n) is 7.32. The van der Waals surface area contributed by atoms with E-state index in [1.807, 2.05) is 30.3 Å². The van der Waals surface area contributed by atoms with Gasteiger partial charge in [0.2, 0.25) is 0 Å². The van der Waals surface area contributed by atoms with Crippen molar-refractivity contribution < 1.29 is 19.2 Å². The molecule has 0 radical (unpaired) electrons. The predicted octanol–water partition coefficient (Wildman–Crippen LogP) is 4.46. The molecule has 156 valence electrons.